The molecule has 0 saturated carbocycles. The standard InChI is InChI=1S/C19H13F2N3O4S/c1-27-15-7-14(21)8-16(9-15)28-18-4-3-17(6-12(18)10-22)29(25,26)24-19-5-2-13(20)11-23-19/h2-9,11H,1H3,(H,23,24). The predicted octanol–water partition coefficient (Wildman–Crippen LogP) is 3.83. The van der Waals surface area contributed by atoms with Gasteiger partial charge >= 0.3 is 0 Å². The first kappa shape index (κ1) is 20.0. The Bertz CT molecular complexity index is 1190. The minimum atomic E-state index is -4.09. The molecule has 0 atom stereocenters. The first-order valence-corrected chi connectivity index (χ1v) is 9.50. The van der Waals surface area contributed by atoms with E-state index in [9.17, 15) is 22.5 Å². The van der Waals surface area contributed by atoms with E-state index in [2.05, 4.69) is 9.71 Å². The van der Waals surface area contributed by atoms with Crippen molar-refractivity contribution in [2.45, 2.75) is 4.90 Å². The largest absolute Gasteiger partial charge is 0.497 e. The number of methoxy groups -OCH3 is 1. The Hall–Kier alpha value is -3.71. The summed E-state index contributed by atoms with van der Waals surface area (Å²) < 4.78 is 64.2. The van der Waals surface area contributed by atoms with E-state index in [1.165, 1.54) is 25.3 Å². The van der Waals surface area contributed by atoms with E-state index in [1.807, 2.05) is 6.07 Å². The van der Waals surface area contributed by atoms with Crippen molar-refractivity contribution in [1.82, 2.24) is 4.98 Å². The van der Waals surface area contributed by atoms with Crippen LogP contribution in [-0.4, -0.2) is 20.5 Å². The van der Waals surface area contributed by atoms with E-state index in [-0.39, 0.29) is 33.5 Å². The fourth-order valence-electron chi connectivity index (χ4n) is 2.33. The molecule has 10 heteroatoms. The molecular formula is C19H13F2N3O4S. The number of nitrogens with zero attached hydrogens (tertiary/aromatic N) is 2. The van der Waals surface area contributed by atoms with Gasteiger partial charge in [-0.25, -0.2) is 22.2 Å². The van der Waals surface area contributed by atoms with Gasteiger partial charge in [-0.2, -0.15) is 5.26 Å². The number of nitriles is 1. The third kappa shape index (κ3) is 4.77. The van der Waals surface area contributed by atoms with Crippen LogP contribution >= 0.6 is 0 Å². The van der Waals surface area contributed by atoms with E-state index in [0.29, 0.717) is 0 Å². The molecule has 2 aromatic carbocycles. The van der Waals surface area contributed by atoms with Gasteiger partial charge in [0.1, 0.15) is 40.8 Å². The third-order valence-electron chi connectivity index (χ3n) is 3.66. The maximum Gasteiger partial charge on any atom is 0.263 e. The van der Waals surface area contributed by atoms with Crippen molar-refractivity contribution in [3.05, 3.63) is 71.9 Å². The highest BCUT2D eigenvalue weighted by Crippen LogP contribution is 2.30. The maximum atomic E-state index is 13.6. The maximum absolute atomic E-state index is 13.6. The van der Waals surface area contributed by atoms with Gasteiger partial charge in [0.05, 0.1) is 23.8 Å². The molecule has 0 aliphatic rings. The molecule has 7 nitrogen and oxygen atoms in total. The van der Waals surface area contributed by atoms with Crippen molar-refractivity contribution in [3.8, 4) is 23.3 Å². The molecule has 1 heterocycles. The van der Waals surface area contributed by atoms with Crippen molar-refractivity contribution in [2.24, 2.45) is 0 Å². The van der Waals surface area contributed by atoms with E-state index in [0.717, 1.165) is 36.5 Å². The number of benzene rings is 2. The fourth-order valence-corrected chi connectivity index (χ4v) is 3.36. The van der Waals surface area contributed by atoms with Crippen LogP contribution in [0.4, 0.5) is 14.6 Å². The second kappa shape index (κ2) is 8.12. The van der Waals surface area contributed by atoms with Crippen molar-refractivity contribution in [2.75, 3.05) is 11.8 Å². The van der Waals surface area contributed by atoms with Gasteiger partial charge in [-0.05, 0) is 30.3 Å². The summed E-state index contributed by atoms with van der Waals surface area (Å²) in [7, 11) is -2.72. The summed E-state index contributed by atoms with van der Waals surface area (Å²) in [6.07, 6.45) is 0.864. The van der Waals surface area contributed by atoms with Gasteiger partial charge < -0.3 is 9.47 Å². The highest BCUT2D eigenvalue weighted by Gasteiger charge is 2.18. The highest BCUT2D eigenvalue weighted by atomic mass is 32.2. The van der Waals surface area contributed by atoms with Crippen molar-refractivity contribution >= 4 is 15.8 Å². The molecular weight excluding hydrogens is 404 g/mol. The zero-order chi connectivity index (χ0) is 21.0. The van der Waals surface area contributed by atoms with E-state index in [1.54, 1.807) is 0 Å². The summed E-state index contributed by atoms with van der Waals surface area (Å²) in [6.45, 7) is 0. The Morgan fingerprint density at radius 1 is 1.03 bits per heavy atom. The lowest BCUT2D eigenvalue weighted by Gasteiger charge is -2.11. The summed E-state index contributed by atoms with van der Waals surface area (Å²) in [6, 6.07) is 11.3. The average Bonchev–Trinajstić information content (AvgIpc) is 2.69. The summed E-state index contributed by atoms with van der Waals surface area (Å²) >= 11 is 0. The quantitative estimate of drug-likeness (QED) is 0.654. The number of hydrogen-bond donors (Lipinski definition) is 1. The zero-order valence-electron chi connectivity index (χ0n) is 14.9. The molecule has 0 aliphatic heterocycles. The monoisotopic (exact) mass is 417 g/mol. The van der Waals surface area contributed by atoms with Crippen molar-refractivity contribution in [3.63, 3.8) is 0 Å². The van der Waals surface area contributed by atoms with Crippen LogP contribution in [0.2, 0.25) is 0 Å². The van der Waals surface area contributed by atoms with Gasteiger partial charge in [0.25, 0.3) is 10.0 Å². The van der Waals surface area contributed by atoms with Crippen LogP contribution in [0.15, 0.2) is 59.6 Å². The lowest BCUT2D eigenvalue weighted by molar-refractivity contribution is 0.404. The predicted molar refractivity (Wildman–Crippen MR) is 99.2 cm³/mol. The third-order valence-corrected chi connectivity index (χ3v) is 5.01. The van der Waals surface area contributed by atoms with Gasteiger partial charge in [-0.3, -0.25) is 4.72 Å². The first-order chi connectivity index (χ1) is 13.8. The summed E-state index contributed by atoms with van der Waals surface area (Å²) in [4.78, 5) is 3.40. The molecule has 0 unspecified atom stereocenters. The Labute approximate surface area is 165 Å². The van der Waals surface area contributed by atoms with Gasteiger partial charge in [-0.15, -0.1) is 0 Å². The molecule has 0 spiro atoms. The van der Waals surface area contributed by atoms with Crippen LogP contribution < -0.4 is 14.2 Å². The Morgan fingerprint density at radius 2 is 1.79 bits per heavy atom. The molecule has 0 amide bonds. The molecule has 29 heavy (non-hydrogen) atoms. The number of hydrogen-bond acceptors (Lipinski definition) is 6. The molecule has 0 saturated heterocycles. The number of pyridine rings is 1. The molecule has 1 N–H and O–H groups in total. The number of nitrogens with one attached hydrogen (secondary N) is 1. The van der Waals surface area contributed by atoms with Crippen molar-refractivity contribution in [1.29, 1.82) is 5.26 Å². The molecule has 0 radical (unpaired) electrons. The second-order valence-corrected chi connectivity index (χ2v) is 7.35. The van der Waals surface area contributed by atoms with Crippen LogP contribution in [0.1, 0.15) is 5.56 Å². The van der Waals surface area contributed by atoms with Crippen LogP contribution in [0, 0.1) is 23.0 Å². The lowest BCUT2D eigenvalue weighted by Crippen LogP contribution is -2.14. The topological polar surface area (TPSA) is 101 Å². The average molecular weight is 417 g/mol. The Kier molecular flexibility index (Phi) is 5.61. The number of halogens is 2. The normalized spacial score (nSPS) is 10.8. The minimum absolute atomic E-state index is 0.0269. The molecule has 0 aliphatic carbocycles. The molecule has 0 fully saturated rings. The van der Waals surface area contributed by atoms with Crippen LogP contribution in [-0.2, 0) is 10.0 Å². The van der Waals surface area contributed by atoms with Gasteiger partial charge in [0, 0.05) is 18.2 Å². The van der Waals surface area contributed by atoms with E-state index < -0.39 is 21.7 Å². The number of aromatic nitrogens is 1. The Balaban J connectivity index is 1.89. The number of anilines is 1. The van der Waals surface area contributed by atoms with E-state index >= 15 is 0 Å². The van der Waals surface area contributed by atoms with Crippen LogP contribution in [0.3, 0.4) is 0 Å². The zero-order valence-corrected chi connectivity index (χ0v) is 15.7. The SMILES string of the molecule is COc1cc(F)cc(Oc2ccc(S(=O)(=O)Nc3ccc(F)cn3)cc2C#N)c1. The highest BCUT2D eigenvalue weighted by molar-refractivity contribution is 7.92. The molecule has 1 aromatic heterocycles. The van der Waals surface area contributed by atoms with Crippen LogP contribution in [0.5, 0.6) is 17.2 Å². The number of rotatable bonds is 6. The molecule has 3 rings (SSSR count). The number of ether oxygens (including phenoxy) is 2. The summed E-state index contributed by atoms with van der Waals surface area (Å²) in [5.41, 5.74) is -0.0943. The molecule has 0 bridgehead atoms. The second-order valence-electron chi connectivity index (χ2n) is 5.67. The van der Waals surface area contributed by atoms with Crippen LogP contribution in [0.25, 0.3) is 0 Å². The summed E-state index contributed by atoms with van der Waals surface area (Å²) in [5, 5.41) is 9.36. The van der Waals surface area contributed by atoms with E-state index in [4.69, 9.17) is 9.47 Å². The Morgan fingerprint density at radius 3 is 2.45 bits per heavy atom. The number of sulfonamides is 1. The van der Waals surface area contributed by atoms with Gasteiger partial charge in [-0.1, -0.05) is 0 Å². The molecule has 148 valence electrons. The minimum Gasteiger partial charge on any atom is -0.497 e. The lowest BCUT2D eigenvalue weighted by atomic mass is 10.2. The van der Waals surface area contributed by atoms with Crippen molar-refractivity contribution < 1.29 is 26.7 Å². The van der Waals surface area contributed by atoms with Gasteiger partial charge in [0.2, 0.25) is 0 Å². The van der Waals surface area contributed by atoms with Gasteiger partial charge in [0.15, 0.2) is 0 Å². The molecule has 3 aromatic rings. The smallest absolute Gasteiger partial charge is 0.263 e. The fraction of sp³-hybridized carbons (Fsp3) is 0.0526. The first-order valence-electron chi connectivity index (χ1n) is 8.02. The summed E-state index contributed by atoms with van der Waals surface area (Å²) in [5.74, 6) is -0.990.